The van der Waals surface area contributed by atoms with Crippen molar-refractivity contribution in [3.8, 4) is 11.8 Å². The molecule has 24 heavy (non-hydrogen) atoms. The van der Waals surface area contributed by atoms with Crippen LogP contribution in [0.5, 0.6) is 5.75 Å². The van der Waals surface area contributed by atoms with Gasteiger partial charge in [0.25, 0.3) is 0 Å². The highest BCUT2D eigenvalue weighted by Gasteiger charge is 2.35. The van der Waals surface area contributed by atoms with E-state index in [0.29, 0.717) is 5.92 Å². The van der Waals surface area contributed by atoms with E-state index in [1.807, 2.05) is 13.8 Å². The third-order valence-electron chi connectivity index (χ3n) is 4.52. The summed E-state index contributed by atoms with van der Waals surface area (Å²) >= 11 is 0. The standard InChI is InChI=1S/C18H20F3NO.CH4/c1-11(2)13-5-4-12(3)17(8-13)23-15-7-6-14(10-22)16(9-15)18(19,20)21;/h6-7,9,12-13,17H,1,4-5,8H2,2-3H3;1H4/t12-,13-,17-;/m0./s1. The lowest BCUT2D eigenvalue weighted by Gasteiger charge is -2.35. The molecule has 2 nitrogen and oxygen atoms in total. The lowest BCUT2D eigenvalue weighted by Crippen LogP contribution is -2.33. The molecule has 0 saturated heterocycles. The molecule has 0 aromatic heterocycles. The van der Waals surface area contributed by atoms with Crippen LogP contribution in [0.25, 0.3) is 0 Å². The summed E-state index contributed by atoms with van der Waals surface area (Å²) in [6.07, 6.45) is -1.94. The van der Waals surface area contributed by atoms with Gasteiger partial charge >= 0.3 is 6.18 Å². The fourth-order valence-electron chi connectivity index (χ4n) is 3.00. The molecule has 1 aromatic carbocycles. The van der Waals surface area contributed by atoms with Gasteiger partial charge in [0, 0.05) is 0 Å². The van der Waals surface area contributed by atoms with E-state index in [0.717, 1.165) is 30.9 Å². The second-order valence-electron chi connectivity index (χ2n) is 6.31. The normalized spacial score (nSPS) is 23.8. The van der Waals surface area contributed by atoms with Crippen molar-refractivity contribution in [1.82, 2.24) is 0 Å². The number of alkyl halides is 3. The van der Waals surface area contributed by atoms with E-state index in [4.69, 9.17) is 10.00 Å². The Bertz CT molecular complexity index is 630. The number of nitriles is 1. The fraction of sp³-hybridized carbons (Fsp3) is 0.526. The van der Waals surface area contributed by atoms with Gasteiger partial charge in [0.05, 0.1) is 17.2 Å². The Morgan fingerprint density at radius 3 is 2.54 bits per heavy atom. The van der Waals surface area contributed by atoms with Gasteiger partial charge in [0.15, 0.2) is 0 Å². The first-order chi connectivity index (χ1) is 10.7. The number of halogens is 3. The summed E-state index contributed by atoms with van der Waals surface area (Å²) in [4.78, 5) is 0. The average molecular weight is 339 g/mol. The summed E-state index contributed by atoms with van der Waals surface area (Å²) in [6.45, 7) is 8.00. The van der Waals surface area contributed by atoms with Gasteiger partial charge in [0.1, 0.15) is 11.9 Å². The van der Waals surface area contributed by atoms with Gasteiger partial charge in [-0.25, -0.2) is 0 Å². The Hall–Kier alpha value is -1.96. The first-order valence-electron chi connectivity index (χ1n) is 7.65. The van der Waals surface area contributed by atoms with E-state index < -0.39 is 11.7 Å². The van der Waals surface area contributed by atoms with E-state index in [9.17, 15) is 13.2 Å². The van der Waals surface area contributed by atoms with Gasteiger partial charge in [-0.2, -0.15) is 18.4 Å². The van der Waals surface area contributed by atoms with Crippen LogP contribution in [0, 0.1) is 23.2 Å². The van der Waals surface area contributed by atoms with Gasteiger partial charge < -0.3 is 4.74 Å². The van der Waals surface area contributed by atoms with Crippen molar-refractivity contribution < 1.29 is 17.9 Å². The van der Waals surface area contributed by atoms with Crippen molar-refractivity contribution in [1.29, 1.82) is 5.26 Å². The topological polar surface area (TPSA) is 33.0 Å². The molecule has 0 unspecified atom stereocenters. The van der Waals surface area contributed by atoms with Gasteiger partial charge in [-0.15, -0.1) is 0 Å². The largest absolute Gasteiger partial charge is 0.490 e. The second-order valence-corrected chi connectivity index (χ2v) is 6.31. The summed E-state index contributed by atoms with van der Waals surface area (Å²) in [5.41, 5.74) is -0.250. The maximum Gasteiger partial charge on any atom is 0.417 e. The third kappa shape index (κ3) is 4.53. The van der Waals surface area contributed by atoms with E-state index >= 15 is 0 Å². The van der Waals surface area contributed by atoms with E-state index in [1.54, 1.807) is 6.07 Å². The van der Waals surface area contributed by atoms with Crippen LogP contribution in [0.4, 0.5) is 13.2 Å². The minimum atomic E-state index is -4.57. The van der Waals surface area contributed by atoms with Crippen LogP contribution in [0.2, 0.25) is 0 Å². The number of benzene rings is 1. The highest BCUT2D eigenvalue weighted by Crippen LogP contribution is 2.37. The molecule has 0 aliphatic heterocycles. The molecule has 1 aromatic rings. The van der Waals surface area contributed by atoms with Crippen LogP contribution < -0.4 is 4.74 Å². The number of rotatable bonds is 3. The minimum Gasteiger partial charge on any atom is -0.490 e. The number of ether oxygens (including phenoxy) is 1. The van der Waals surface area contributed by atoms with Gasteiger partial charge in [-0.3, -0.25) is 0 Å². The van der Waals surface area contributed by atoms with Gasteiger partial charge in [0.2, 0.25) is 0 Å². The van der Waals surface area contributed by atoms with Crippen molar-refractivity contribution in [3.05, 3.63) is 41.5 Å². The molecule has 3 atom stereocenters. The summed E-state index contributed by atoms with van der Waals surface area (Å²) in [5, 5.41) is 8.83. The molecule has 0 amide bonds. The Morgan fingerprint density at radius 1 is 1.33 bits per heavy atom. The number of hydrogen-bond acceptors (Lipinski definition) is 2. The van der Waals surface area contributed by atoms with Crippen LogP contribution in [-0.2, 0) is 6.18 Å². The first-order valence-corrected chi connectivity index (χ1v) is 7.65. The van der Waals surface area contributed by atoms with Gasteiger partial charge in [-0.05, 0) is 56.2 Å². The Morgan fingerprint density at radius 2 is 2.00 bits per heavy atom. The zero-order valence-electron chi connectivity index (χ0n) is 13.3. The molecular weight excluding hydrogens is 315 g/mol. The highest BCUT2D eigenvalue weighted by atomic mass is 19.4. The predicted molar refractivity (Wildman–Crippen MR) is 88.6 cm³/mol. The van der Waals surface area contributed by atoms with E-state index in [2.05, 4.69) is 6.58 Å². The van der Waals surface area contributed by atoms with Crippen LogP contribution in [-0.4, -0.2) is 6.10 Å². The zero-order chi connectivity index (χ0) is 17.2. The fourth-order valence-corrected chi connectivity index (χ4v) is 3.00. The molecule has 0 radical (unpaired) electrons. The SMILES string of the molecule is C.C=C(C)[C@H]1CC[C@H](C)[C@@H](Oc2ccc(C#N)c(C(F)(F)F)c2)C1. The van der Waals surface area contributed by atoms with E-state index in [-0.39, 0.29) is 30.8 Å². The maximum absolute atomic E-state index is 13.0. The number of nitrogens with zero attached hydrogens (tertiary/aromatic N) is 1. The summed E-state index contributed by atoms with van der Waals surface area (Å²) in [6, 6.07) is 5.11. The lowest BCUT2D eigenvalue weighted by atomic mass is 9.78. The van der Waals surface area contributed by atoms with Crippen LogP contribution in [0.3, 0.4) is 0 Å². The van der Waals surface area contributed by atoms with Crippen molar-refractivity contribution in [3.63, 3.8) is 0 Å². The molecule has 2 rings (SSSR count). The molecular formula is C19H24F3NO. The van der Waals surface area contributed by atoms with E-state index in [1.165, 1.54) is 12.1 Å². The molecule has 1 aliphatic carbocycles. The van der Waals surface area contributed by atoms with Crippen molar-refractivity contribution >= 4 is 0 Å². The minimum absolute atomic E-state index is 0. The third-order valence-corrected chi connectivity index (χ3v) is 4.52. The van der Waals surface area contributed by atoms with Crippen molar-refractivity contribution in [2.24, 2.45) is 11.8 Å². The zero-order valence-corrected chi connectivity index (χ0v) is 13.3. The molecule has 0 heterocycles. The molecule has 1 aliphatic rings. The first kappa shape index (κ1) is 20.1. The van der Waals surface area contributed by atoms with Crippen LogP contribution >= 0.6 is 0 Å². The number of allylic oxidation sites excluding steroid dienone is 1. The molecule has 5 heteroatoms. The Kier molecular flexibility index (Phi) is 6.48. The molecule has 0 N–H and O–H groups in total. The second kappa shape index (κ2) is 7.74. The quantitative estimate of drug-likeness (QED) is 0.635. The monoisotopic (exact) mass is 339 g/mol. The van der Waals surface area contributed by atoms with Crippen LogP contribution in [0.15, 0.2) is 30.4 Å². The van der Waals surface area contributed by atoms with Gasteiger partial charge in [-0.1, -0.05) is 26.5 Å². The predicted octanol–water partition coefficient (Wildman–Crippen LogP) is 5.97. The average Bonchev–Trinajstić information content (AvgIpc) is 2.48. The smallest absolute Gasteiger partial charge is 0.417 e. The van der Waals surface area contributed by atoms with Crippen molar-refractivity contribution in [2.75, 3.05) is 0 Å². The summed E-state index contributed by atoms with van der Waals surface area (Å²) in [5.74, 6) is 0.780. The lowest BCUT2D eigenvalue weighted by molar-refractivity contribution is -0.137. The molecule has 1 fully saturated rings. The summed E-state index contributed by atoms with van der Waals surface area (Å²) < 4.78 is 44.9. The maximum atomic E-state index is 13.0. The number of hydrogen-bond donors (Lipinski definition) is 0. The Balaban J connectivity index is 0.00000288. The summed E-state index contributed by atoms with van der Waals surface area (Å²) in [7, 11) is 0. The van der Waals surface area contributed by atoms with Crippen LogP contribution in [0.1, 0.15) is 51.7 Å². The highest BCUT2D eigenvalue weighted by molar-refractivity contribution is 5.44. The molecule has 0 spiro atoms. The molecule has 0 bridgehead atoms. The van der Waals surface area contributed by atoms with Crippen molar-refractivity contribution in [2.45, 2.75) is 52.8 Å². The molecule has 1 saturated carbocycles. The Labute approximate surface area is 141 Å². The molecule has 132 valence electrons.